The van der Waals surface area contributed by atoms with Gasteiger partial charge in [0.15, 0.2) is 9.84 Å². The van der Waals surface area contributed by atoms with Crippen LogP contribution in [0.15, 0.2) is 30.3 Å². The summed E-state index contributed by atoms with van der Waals surface area (Å²) in [6, 6.07) is 10.9. The predicted molar refractivity (Wildman–Crippen MR) is 83.7 cm³/mol. The van der Waals surface area contributed by atoms with Gasteiger partial charge in [0.05, 0.1) is 11.5 Å². The number of sulfone groups is 1. The summed E-state index contributed by atoms with van der Waals surface area (Å²) < 4.78 is 23.0. The molecule has 2 atom stereocenters. The Morgan fingerprint density at radius 3 is 2.50 bits per heavy atom. The molecule has 1 N–H and O–H groups in total. The quantitative estimate of drug-likeness (QED) is 0.908. The van der Waals surface area contributed by atoms with Crippen molar-refractivity contribution in [1.82, 2.24) is 5.32 Å². The summed E-state index contributed by atoms with van der Waals surface area (Å²) in [5.74, 6) is 0.628. The molecule has 2 rings (SSSR count). The molecule has 20 heavy (non-hydrogen) atoms. The molecule has 1 heterocycles. The highest BCUT2D eigenvalue weighted by Crippen LogP contribution is 2.28. The Hall–Kier alpha value is -0.870. The highest BCUT2D eigenvalue weighted by atomic mass is 32.2. The Bertz CT molecular complexity index is 537. The number of nitrogens with one attached hydrogen (secondary N) is 1. The number of rotatable bonds is 5. The summed E-state index contributed by atoms with van der Waals surface area (Å²) in [4.78, 5) is 0. The first-order valence-corrected chi connectivity index (χ1v) is 9.13. The third kappa shape index (κ3) is 4.06. The van der Waals surface area contributed by atoms with Crippen molar-refractivity contribution in [3.8, 4) is 0 Å². The molecule has 0 amide bonds. The predicted octanol–water partition coefficient (Wildman–Crippen LogP) is 2.52. The molecule has 1 saturated heterocycles. The maximum atomic E-state index is 11.5. The van der Waals surface area contributed by atoms with E-state index in [0.717, 1.165) is 12.8 Å². The van der Waals surface area contributed by atoms with E-state index in [1.54, 1.807) is 0 Å². The summed E-state index contributed by atoms with van der Waals surface area (Å²) in [6.07, 6.45) is 1.74. The van der Waals surface area contributed by atoms with Crippen LogP contribution in [0.2, 0.25) is 0 Å². The third-order valence-electron chi connectivity index (χ3n) is 4.12. The molecule has 3 nitrogen and oxygen atoms in total. The smallest absolute Gasteiger partial charge is 0.151 e. The molecule has 0 saturated carbocycles. The lowest BCUT2D eigenvalue weighted by atomic mass is 9.79. The minimum Gasteiger partial charge on any atom is -0.310 e. The maximum Gasteiger partial charge on any atom is 0.151 e. The zero-order valence-electron chi connectivity index (χ0n) is 12.6. The van der Waals surface area contributed by atoms with E-state index in [2.05, 4.69) is 50.4 Å². The van der Waals surface area contributed by atoms with Crippen LogP contribution in [-0.2, 0) is 15.3 Å². The van der Waals surface area contributed by atoms with Gasteiger partial charge >= 0.3 is 0 Å². The molecule has 0 aromatic heterocycles. The van der Waals surface area contributed by atoms with Crippen LogP contribution in [0.5, 0.6) is 0 Å². The number of hydrogen-bond acceptors (Lipinski definition) is 3. The molecule has 1 aliphatic rings. The first-order valence-electron chi connectivity index (χ1n) is 7.30. The standard InChI is InChI=1S/C16H25NO2S/c1-13(17-15-9-10-20(18,19)12-15)11-16(2,3)14-7-5-4-6-8-14/h4-8,13,15,17H,9-12H2,1-3H3. The van der Waals surface area contributed by atoms with Crippen LogP contribution in [0, 0.1) is 0 Å². The number of benzene rings is 1. The van der Waals surface area contributed by atoms with E-state index in [1.165, 1.54) is 5.56 Å². The molecule has 1 aromatic rings. The molecule has 1 fully saturated rings. The van der Waals surface area contributed by atoms with Crippen molar-refractivity contribution in [3.63, 3.8) is 0 Å². The van der Waals surface area contributed by atoms with Crippen molar-refractivity contribution < 1.29 is 8.42 Å². The van der Waals surface area contributed by atoms with Crippen LogP contribution in [-0.4, -0.2) is 32.0 Å². The lowest BCUT2D eigenvalue weighted by Gasteiger charge is -2.30. The summed E-state index contributed by atoms with van der Waals surface area (Å²) in [7, 11) is -2.80. The Morgan fingerprint density at radius 1 is 1.30 bits per heavy atom. The molecule has 2 unspecified atom stereocenters. The van der Waals surface area contributed by atoms with Gasteiger partial charge in [-0.3, -0.25) is 0 Å². The van der Waals surface area contributed by atoms with Gasteiger partial charge in [0, 0.05) is 12.1 Å². The monoisotopic (exact) mass is 295 g/mol. The average Bonchev–Trinajstić information content (AvgIpc) is 2.69. The van der Waals surface area contributed by atoms with Crippen molar-refractivity contribution in [2.24, 2.45) is 0 Å². The fourth-order valence-corrected chi connectivity index (χ4v) is 4.85. The van der Waals surface area contributed by atoms with Crippen molar-refractivity contribution in [2.45, 2.75) is 51.1 Å². The fourth-order valence-electron chi connectivity index (χ4n) is 3.16. The number of hydrogen-bond donors (Lipinski definition) is 1. The van der Waals surface area contributed by atoms with Gasteiger partial charge in [-0.2, -0.15) is 0 Å². The Morgan fingerprint density at radius 2 is 1.95 bits per heavy atom. The molecular formula is C16H25NO2S. The Labute approximate surface area is 122 Å². The van der Waals surface area contributed by atoms with E-state index in [4.69, 9.17) is 0 Å². The van der Waals surface area contributed by atoms with E-state index in [9.17, 15) is 8.42 Å². The zero-order chi connectivity index (χ0) is 14.8. The second-order valence-corrected chi connectivity index (χ2v) is 8.85. The zero-order valence-corrected chi connectivity index (χ0v) is 13.4. The minimum absolute atomic E-state index is 0.0884. The average molecular weight is 295 g/mol. The van der Waals surface area contributed by atoms with Crippen LogP contribution < -0.4 is 5.32 Å². The van der Waals surface area contributed by atoms with Crippen LogP contribution >= 0.6 is 0 Å². The largest absolute Gasteiger partial charge is 0.310 e. The Balaban J connectivity index is 1.93. The maximum absolute atomic E-state index is 11.5. The highest BCUT2D eigenvalue weighted by molar-refractivity contribution is 7.91. The SMILES string of the molecule is CC(CC(C)(C)c1ccccc1)NC1CCS(=O)(=O)C1. The molecule has 0 radical (unpaired) electrons. The third-order valence-corrected chi connectivity index (χ3v) is 5.89. The van der Waals surface area contributed by atoms with Gasteiger partial charge in [0.1, 0.15) is 0 Å². The van der Waals surface area contributed by atoms with Gasteiger partial charge in [-0.05, 0) is 30.7 Å². The van der Waals surface area contributed by atoms with Crippen LogP contribution in [0.4, 0.5) is 0 Å². The first-order chi connectivity index (χ1) is 9.28. The van der Waals surface area contributed by atoms with Gasteiger partial charge in [0.25, 0.3) is 0 Å². The van der Waals surface area contributed by atoms with Crippen LogP contribution in [0.3, 0.4) is 0 Å². The van der Waals surface area contributed by atoms with Gasteiger partial charge < -0.3 is 5.32 Å². The Kier molecular flexibility index (Phi) is 4.55. The summed E-state index contributed by atoms with van der Waals surface area (Å²) in [5.41, 5.74) is 1.42. The van der Waals surface area contributed by atoms with Gasteiger partial charge in [-0.15, -0.1) is 0 Å². The van der Waals surface area contributed by atoms with E-state index in [-0.39, 0.29) is 11.5 Å². The topological polar surface area (TPSA) is 46.2 Å². The lowest BCUT2D eigenvalue weighted by Crippen LogP contribution is -2.40. The summed E-state index contributed by atoms with van der Waals surface area (Å²) in [6.45, 7) is 6.63. The van der Waals surface area contributed by atoms with Crippen LogP contribution in [0.1, 0.15) is 39.2 Å². The van der Waals surface area contributed by atoms with Crippen molar-refractivity contribution >= 4 is 9.84 Å². The summed E-state index contributed by atoms with van der Waals surface area (Å²) >= 11 is 0. The molecule has 112 valence electrons. The second kappa shape index (κ2) is 5.86. The first kappa shape index (κ1) is 15.5. The molecule has 0 spiro atoms. The fraction of sp³-hybridized carbons (Fsp3) is 0.625. The van der Waals surface area contributed by atoms with E-state index >= 15 is 0 Å². The molecule has 1 aliphatic heterocycles. The van der Waals surface area contributed by atoms with E-state index < -0.39 is 9.84 Å². The van der Waals surface area contributed by atoms with E-state index in [1.807, 2.05) is 6.07 Å². The van der Waals surface area contributed by atoms with Crippen molar-refractivity contribution in [3.05, 3.63) is 35.9 Å². The molecule has 1 aromatic carbocycles. The van der Waals surface area contributed by atoms with Crippen LogP contribution in [0.25, 0.3) is 0 Å². The lowest BCUT2D eigenvalue weighted by molar-refractivity contribution is 0.365. The highest BCUT2D eigenvalue weighted by Gasteiger charge is 2.30. The normalized spacial score (nSPS) is 23.6. The minimum atomic E-state index is -2.80. The van der Waals surface area contributed by atoms with Gasteiger partial charge in [-0.25, -0.2) is 8.42 Å². The van der Waals surface area contributed by atoms with Crippen molar-refractivity contribution in [1.29, 1.82) is 0 Å². The van der Waals surface area contributed by atoms with E-state index in [0.29, 0.717) is 17.5 Å². The molecular weight excluding hydrogens is 270 g/mol. The summed E-state index contributed by atoms with van der Waals surface area (Å²) in [5, 5.41) is 3.48. The van der Waals surface area contributed by atoms with Gasteiger partial charge in [0.2, 0.25) is 0 Å². The van der Waals surface area contributed by atoms with Gasteiger partial charge in [-0.1, -0.05) is 44.2 Å². The molecule has 4 heteroatoms. The van der Waals surface area contributed by atoms with Crippen molar-refractivity contribution in [2.75, 3.05) is 11.5 Å². The molecule has 0 bridgehead atoms. The second-order valence-electron chi connectivity index (χ2n) is 6.62. The molecule has 0 aliphatic carbocycles.